The Bertz CT molecular complexity index is 507. The Kier molecular flexibility index (Phi) is 4.34. The van der Waals surface area contributed by atoms with Crippen molar-refractivity contribution in [1.29, 1.82) is 0 Å². The third-order valence-electron chi connectivity index (χ3n) is 4.23. The van der Waals surface area contributed by atoms with Crippen LogP contribution in [0, 0.1) is 19.3 Å². The molecule has 1 heterocycles. The van der Waals surface area contributed by atoms with Crippen LogP contribution in [0.1, 0.15) is 59.0 Å². The van der Waals surface area contributed by atoms with Crippen molar-refractivity contribution >= 4 is 11.6 Å². The summed E-state index contributed by atoms with van der Waals surface area (Å²) in [5.41, 5.74) is 7.43. The number of nitrogens with one attached hydrogen (secondary N) is 1. The lowest BCUT2D eigenvalue weighted by Crippen LogP contribution is -2.53. The van der Waals surface area contributed by atoms with E-state index in [1.807, 2.05) is 46.2 Å². The average molecular weight is 280 g/mol. The van der Waals surface area contributed by atoms with E-state index in [2.05, 4.69) is 24.3 Å². The summed E-state index contributed by atoms with van der Waals surface area (Å²) in [7, 11) is 0. The zero-order chi connectivity index (χ0) is 15.9. The molecule has 1 aromatic rings. The zero-order valence-corrected chi connectivity index (χ0v) is 14.0. The molecule has 0 saturated heterocycles. The molecule has 0 bridgehead atoms. The summed E-state index contributed by atoms with van der Waals surface area (Å²) in [5.74, 6) is -0.0838. The standard InChI is InChI=1S/C15H28N4O/c1-9(2)19-11(4)12(10(3)18-19)17-13(20)14(5,6)15(7,8)16/h9H,16H2,1-8H3,(H,17,20). The highest BCUT2D eigenvalue weighted by molar-refractivity contribution is 5.96. The summed E-state index contributed by atoms with van der Waals surface area (Å²) < 4.78 is 1.92. The maximum absolute atomic E-state index is 12.5. The van der Waals surface area contributed by atoms with Gasteiger partial charge in [-0.25, -0.2) is 0 Å². The Morgan fingerprint density at radius 2 is 1.75 bits per heavy atom. The zero-order valence-electron chi connectivity index (χ0n) is 14.0. The molecular weight excluding hydrogens is 252 g/mol. The fourth-order valence-electron chi connectivity index (χ4n) is 1.91. The van der Waals surface area contributed by atoms with Gasteiger partial charge in [0.1, 0.15) is 0 Å². The van der Waals surface area contributed by atoms with E-state index in [9.17, 15) is 4.79 Å². The lowest BCUT2D eigenvalue weighted by Gasteiger charge is -2.36. The first-order valence-electron chi connectivity index (χ1n) is 7.05. The molecule has 0 spiro atoms. The van der Waals surface area contributed by atoms with Crippen LogP contribution in [0.3, 0.4) is 0 Å². The topological polar surface area (TPSA) is 72.9 Å². The van der Waals surface area contributed by atoms with Crippen molar-refractivity contribution in [2.24, 2.45) is 11.1 Å². The van der Waals surface area contributed by atoms with Crippen LogP contribution in [0.15, 0.2) is 0 Å². The van der Waals surface area contributed by atoms with Crippen LogP contribution in [0.25, 0.3) is 0 Å². The van der Waals surface area contributed by atoms with Crippen molar-refractivity contribution in [1.82, 2.24) is 9.78 Å². The Morgan fingerprint density at radius 1 is 1.25 bits per heavy atom. The van der Waals surface area contributed by atoms with Gasteiger partial charge in [-0.05, 0) is 55.4 Å². The highest BCUT2D eigenvalue weighted by Gasteiger charge is 2.40. The average Bonchev–Trinajstić information content (AvgIpc) is 2.55. The summed E-state index contributed by atoms with van der Waals surface area (Å²) in [4.78, 5) is 12.5. The number of anilines is 1. The summed E-state index contributed by atoms with van der Waals surface area (Å²) in [6, 6.07) is 0.262. The molecule has 0 aliphatic heterocycles. The molecular formula is C15H28N4O. The third kappa shape index (κ3) is 2.87. The van der Waals surface area contributed by atoms with E-state index in [4.69, 9.17) is 5.73 Å². The smallest absolute Gasteiger partial charge is 0.231 e. The van der Waals surface area contributed by atoms with Crippen molar-refractivity contribution in [3.8, 4) is 0 Å². The summed E-state index contributed by atoms with van der Waals surface area (Å²) >= 11 is 0. The first kappa shape index (κ1) is 16.7. The van der Waals surface area contributed by atoms with E-state index in [1.165, 1.54) is 0 Å². The van der Waals surface area contributed by atoms with Gasteiger partial charge in [-0.3, -0.25) is 9.48 Å². The third-order valence-corrected chi connectivity index (χ3v) is 4.23. The van der Waals surface area contributed by atoms with Gasteiger partial charge in [0, 0.05) is 11.6 Å². The molecule has 0 saturated carbocycles. The summed E-state index contributed by atoms with van der Waals surface area (Å²) in [5, 5.41) is 7.48. The van der Waals surface area contributed by atoms with Gasteiger partial charge in [-0.2, -0.15) is 5.10 Å². The van der Waals surface area contributed by atoms with Gasteiger partial charge in [0.15, 0.2) is 0 Å². The Balaban J connectivity index is 3.09. The predicted molar refractivity (Wildman–Crippen MR) is 82.8 cm³/mol. The minimum absolute atomic E-state index is 0.0838. The van der Waals surface area contributed by atoms with Gasteiger partial charge in [0.2, 0.25) is 5.91 Å². The molecule has 5 heteroatoms. The molecule has 3 N–H and O–H groups in total. The van der Waals surface area contributed by atoms with E-state index in [1.54, 1.807) is 0 Å². The van der Waals surface area contributed by atoms with Crippen molar-refractivity contribution < 1.29 is 4.79 Å². The number of amides is 1. The number of carbonyl (C=O) groups excluding carboxylic acids is 1. The van der Waals surface area contributed by atoms with Gasteiger partial charge < -0.3 is 11.1 Å². The van der Waals surface area contributed by atoms with Gasteiger partial charge >= 0.3 is 0 Å². The van der Waals surface area contributed by atoms with Crippen LogP contribution < -0.4 is 11.1 Å². The normalized spacial score (nSPS) is 12.9. The second-order valence-corrected chi connectivity index (χ2v) is 6.88. The van der Waals surface area contributed by atoms with Crippen molar-refractivity contribution in [2.45, 2.75) is 67.0 Å². The number of nitrogens with zero attached hydrogens (tertiary/aromatic N) is 2. The molecule has 0 atom stereocenters. The van der Waals surface area contributed by atoms with E-state index >= 15 is 0 Å². The number of hydrogen-bond donors (Lipinski definition) is 2. The molecule has 5 nitrogen and oxygen atoms in total. The molecule has 1 amide bonds. The number of rotatable bonds is 4. The number of carbonyl (C=O) groups is 1. The quantitative estimate of drug-likeness (QED) is 0.890. The van der Waals surface area contributed by atoms with Crippen LogP contribution in [-0.4, -0.2) is 21.2 Å². The van der Waals surface area contributed by atoms with Crippen LogP contribution in [0.5, 0.6) is 0 Å². The Morgan fingerprint density at radius 3 is 2.10 bits per heavy atom. The SMILES string of the molecule is Cc1nn(C(C)C)c(C)c1NC(=O)C(C)(C)C(C)(C)N. The first-order chi connectivity index (χ1) is 8.89. The van der Waals surface area contributed by atoms with Crippen molar-refractivity contribution in [3.63, 3.8) is 0 Å². The number of hydrogen-bond acceptors (Lipinski definition) is 3. The summed E-state index contributed by atoms with van der Waals surface area (Å²) in [6.45, 7) is 15.5. The van der Waals surface area contributed by atoms with Crippen LogP contribution >= 0.6 is 0 Å². The van der Waals surface area contributed by atoms with Gasteiger partial charge in [-0.15, -0.1) is 0 Å². The molecule has 20 heavy (non-hydrogen) atoms. The maximum atomic E-state index is 12.5. The van der Waals surface area contributed by atoms with E-state index in [0.717, 1.165) is 17.1 Å². The number of aryl methyl sites for hydroxylation is 1. The maximum Gasteiger partial charge on any atom is 0.231 e. The molecule has 0 aromatic carbocycles. The first-order valence-corrected chi connectivity index (χ1v) is 7.05. The lowest BCUT2D eigenvalue weighted by atomic mass is 9.74. The molecule has 0 aliphatic carbocycles. The minimum Gasteiger partial charge on any atom is -0.325 e. The van der Waals surface area contributed by atoms with Gasteiger partial charge in [0.05, 0.1) is 22.5 Å². The number of aromatic nitrogens is 2. The van der Waals surface area contributed by atoms with Gasteiger partial charge in [0.25, 0.3) is 0 Å². The monoisotopic (exact) mass is 280 g/mol. The van der Waals surface area contributed by atoms with Crippen molar-refractivity contribution in [3.05, 3.63) is 11.4 Å². The summed E-state index contributed by atoms with van der Waals surface area (Å²) in [6.07, 6.45) is 0. The van der Waals surface area contributed by atoms with Crippen molar-refractivity contribution in [2.75, 3.05) is 5.32 Å². The Labute approximate surface area is 121 Å². The molecule has 0 aliphatic rings. The van der Waals surface area contributed by atoms with E-state index < -0.39 is 11.0 Å². The molecule has 0 radical (unpaired) electrons. The fourth-order valence-corrected chi connectivity index (χ4v) is 1.91. The second kappa shape index (κ2) is 5.20. The lowest BCUT2D eigenvalue weighted by molar-refractivity contribution is -0.126. The highest BCUT2D eigenvalue weighted by atomic mass is 16.2. The molecule has 1 aromatic heterocycles. The molecule has 0 fully saturated rings. The molecule has 1 rings (SSSR count). The molecule has 114 valence electrons. The largest absolute Gasteiger partial charge is 0.325 e. The molecule has 0 unspecified atom stereocenters. The van der Waals surface area contributed by atoms with Gasteiger partial charge in [-0.1, -0.05) is 0 Å². The minimum atomic E-state index is -0.675. The van der Waals surface area contributed by atoms with Crippen LogP contribution in [0.2, 0.25) is 0 Å². The van der Waals surface area contributed by atoms with E-state index in [-0.39, 0.29) is 11.9 Å². The second-order valence-electron chi connectivity index (χ2n) is 6.88. The highest BCUT2D eigenvalue weighted by Crippen LogP contribution is 2.31. The Hall–Kier alpha value is -1.36. The number of nitrogens with two attached hydrogens (primary N) is 1. The van der Waals surface area contributed by atoms with Crippen LogP contribution in [-0.2, 0) is 4.79 Å². The van der Waals surface area contributed by atoms with Crippen LogP contribution in [0.4, 0.5) is 5.69 Å². The fraction of sp³-hybridized carbons (Fsp3) is 0.733. The predicted octanol–water partition coefficient (Wildman–Crippen LogP) is 2.78. The van der Waals surface area contributed by atoms with E-state index in [0.29, 0.717) is 0 Å².